The van der Waals surface area contributed by atoms with Crippen molar-refractivity contribution in [3.63, 3.8) is 0 Å². The Bertz CT molecular complexity index is 352. The molecule has 0 saturated heterocycles. The van der Waals surface area contributed by atoms with Gasteiger partial charge in [0.2, 0.25) is 0 Å². The van der Waals surface area contributed by atoms with Crippen molar-refractivity contribution in [2.24, 2.45) is 34.5 Å². The molecule has 3 fully saturated rings. The van der Waals surface area contributed by atoms with E-state index in [-0.39, 0.29) is 11.5 Å². The molecule has 0 aromatic carbocycles. The van der Waals surface area contributed by atoms with Crippen molar-refractivity contribution in [2.45, 2.75) is 78.7 Å². The maximum absolute atomic E-state index is 10.7. The lowest BCUT2D eigenvalue weighted by molar-refractivity contribution is -0.0176. The number of hydrogen-bond donors (Lipinski definition) is 1. The molecule has 1 heteroatoms. The van der Waals surface area contributed by atoms with Crippen molar-refractivity contribution in [1.29, 1.82) is 0 Å². The quantitative estimate of drug-likeness (QED) is 0.770. The van der Waals surface area contributed by atoms with Crippen LogP contribution in [0.15, 0.2) is 0 Å². The van der Waals surface area contributed by atoms with Gasteiger partial charge < -0.3 is 5.11 Å². The Hall–Kier alpha value is -0.0400. The van der Waals surface area contributed by atoms with E-state index in [0.29, 0.717) is 5.41 Å². The first-order valence-electron chi connectivity index (χ1n) is 8.61. The molecule has 0 spiro atoms. The van der Waals surface area contributed by atoms with Gasteiger partial charge in [0.1, 0.15) is 0 Å². The van der Waals surface area contributed by atoms with E-state index >= 15 is 0 Å². The predicted octanol–water partition coefficient (Wildman–Crippen LogP) is 4.64. The monoisotopic (exact) mass is 264 g/mol. The largest absolute Gasteiger partial charge is 0.393 e. The zero-order valence-corrected chi connectivity index (χ0v) is 13.3. The minimum atomic E-state index is -0.0410. The van der Waals surface area contributed by atoms with Gasteiger partial charge in [0.25, 0.3) is 0 Å². The van der Waals surface area contributed by atoms with E-state index in [4.69, 9.17) is 0 Å². The van der Waals surface area contributed by atoms with Gasteiger partial charge in [0, 0.05) is 0 Å². The molecular weight excluding hydrogens is 232 g/mol. The van der Waals surface area contributed by atoms with Crippen molar-refractivity contribution >= 4 is 0 Å². The van der Waals surface area contributed by atoms with Crippen LogP contribution in [0.4, 0.5) is 0 Å². The van der Waals surface area contributed by atoms with E-state index in [0.717, 1.165) is 30.1 Å². The lowest BCUT2D eigenvalue weighted by atomic mass is 9.56. The van der Waals surface area contributed by atoms with Gasteiger partial charge in [-0.1, -0.05) is 34.1 Å². The summed E-state index contributed by atoms with van der Waals surface area (Å²) in [7, 11) is 0. The number of hydrogen-bond acceptors (Lipinski definition) is 1. The SMILES string of the molecule is CCC[C@]1(C)C2CC[C@@]3(C)[C@@H](C)CC[C@H]3[C@H]2C[C@H]1O. The molecule has 0 amide bonds. The maximum Gasteiger partial charge on any atom is 0.0599 e. The topological polar surface area (TPSA) is 20.2 Å². The normalized spacial score (nSPS) is 57.0. The van der Waals surface area contributed by atoms with E-state index < -0.39 is 0 Å². The van der Waals surface area contributed by atoms with E-state index in [1.165, 1.54) is 38.5 Å². The molecule has 0 aliphatic heterocycles. The summed E-state index contributed by atoms with van der Waals surface area (Å²) in [4.78, 5) is 0. The van der Waals surface area contributed by atoms with Crippen LogP contribution in [0.2, 0.25) is 0 Å². The van der Waals surface area contributed by atoms with Gasteiger partial charge in [-0.25, -0.2) is 0 Å². The number of aliphatic hydroxyl groups is 1. The highest BCUT2D eigenvalue weighted by Crippen LogP contribution is 2.66. The Labute approximate surface area is 119 Å². The first-order valence-corrected chi connectivity index (χ1v) is 8.61. The van der Waals surface area contributed by atoms with Gasteiger partial charge in [-0.3, -0.25) is 0 Å². The average molecular weight is 264 g/mol. The second kappa shape index (κ2) is 4.48. The fraction of sp³-hybridized carbons (Fsp3) is 1.00. The molecule has 0 aromatic heterocycles. The molecule has 3 aliphatic rings. The van der Waals surface area contributed by atoms with Crippen LogP contribution in [0.3, 0.4) is 0 Å². The van der Waals surface area contributed by atoms with Gasteiger partial charge in [0.15, 0.2) is 0 Å². The number of rotatable bonds is 2. The Morgan fingerprint density at radius 3 is 2.53 bits per heavy atom. The highest BCUT2D eigenvalue weighted by molar-refractivity contribution is 5.09. The molecule has 1 nitrogen and oxygen atoms in total. The van der Waals surface area contributed by atoms with E-state index in [2.05, 4.69) is 27.7 Å². The smallest absolute Gasteiger partial charge is 0.0599 e. The summed E-state index contributed by atoms with van der Waals surface area (Å²) in [5.74, 6) is 3.41. The molecule has 0 radical (unpaired) electrons. The lowest BCUT2D eigenvalue weighted by Gasteiger charge is -2.49. The standard InChI is InChI=1S/C18H32O/c1-5-9-18(4)15-8-10-17(3)12(2)6-7-14(17)13(15)11-16(18)19/h12-16,19H,5-11H2,1-4H3/t12-,13+,14-,15?,16+,17-,18+/m0/s1. The van der Waals surface area contributed by atoms with Gasteiger partial charge in [-0.05, 0) is 73.0 Å². The summed E-state index contributed by atoms with van der Waals surface area (Å²) in [6.45, 7) is 9.67. The van der Waals surface area contributed by atoms with E-state index in [1.807, 2.05) is 0 Å². The summed E-state index contributed by atoms with van der Waals surface area (Å²) in [6.07, 6.45) is 9.11. The fourth-order valence-corrected chi connectivity index (χ4v) is 6.36. The molecule has 1 unspecified atom stereocenters. The molecule has 0 aromatic rings. The molecule has 7 atom stereocenters. The van der Waals surface area contributed by atoms with Crippen molar-refractivity contribution in [3.8, 4) is 0 Å². The molecule has 0 heterocycles. The van der Waals surface area contributed by atoms with E-state index in [9.17, 15) is 5.11 Å². The Kier molecular flexibility index (Phi) is 3.28. The third-order valence-corrected chi connectivity index (χ3v) is 7.80. The zero-order valence-electron chi connectivity index (χ0n) is 13.3. The molecule has 1 N–H and O–H groups in total. The zero-order chi connectivity index (χ0) is 13.8. The molecule has 3 aliphatic carbocycles. The highest BCUT2D eigenvalue weighted by atomic mass is 16.3. The van der Waals surface area contributed by atoms with Crippen molar-refractivity contribution in [2.75, 3.05) is 0 Å². The molecule has 3 saturated carbocycles. The van der Waals surface area contributed by atoms with Crippen LogP contribution >= 0.6 is 0 Å². The maximum atomic E-state index is 10.7. The predicted molar refractivity (Wildman–Crippen MR) is 79.8 cm³/mol. The van der Waals surface area contributed by atoms with Gasteiger partial charge in [0.05, 0.1) is 6.10 Å². The van der Waals surface area contributed by atoms with Crippen LogP contribution in [0.25, 0.3) is 0 Å². The van der Waals surface area contributed by atoms with E-state index in [1.54, 1.807) is 0 Å². The van der Waals surface area contributed by atoms with Crippen LogP contribution in [0.1, 0.15) is 72.6 Å². The third-order valence-electron chi connectivity index (χ3n) is 7.80. The third kappa shape index (κ3) is 1.76. The van der Waals surface area contributed by atoms with Crippen LogP contribution in [0.5, 0.6) is 0 Å². The van der Waals surface area contributed by atoms with Crippen LogP contribution in [-0.4, -0.2) is 11.2 Å². The Balaban J connectivity index is 1.88. The second-order valence-electron chi connectivity index (χ2n) is 8.41. The highest BCUT2D eigenvalue weighted by Gasteiger charge is 2.60. The van der Waals surface area contributed by atoms with Gasteiger partial charge >= 0.3 is 0 Å². The van der Waals surface area contributed by atoms with Crippen LogP contribution in [0, 0.1) is 34.5 Å². The van der Waals surface area contributed by atoms with Crippen molar-refractivity contribution in [3.05, 3.63) is 0 Å². The summed E-state index contributed by atoms with van der Waals surface area (Å²) in [6, 6.07) is 0. The molecule has 3 rings (SSSR count). The summed E-state index contributed by atoms with van der Waals surface area (Å²) in [5.41, 5.74) is 0.797. The second-order valence-corrected chi connectivity index (χ2v) is 8.41. The minimum Gasteiger partial charge on any atom is -0.393 e. The number of fused-ring (bicyclic) bond motifs is 3. The Morgan fingerprint density at radius 2 is 1.84 bits per heavy atom. The number of aliphatic hydroxyl groups excluding tert-OH is 1. The molecule has 110 valence electrons. The molecular formula is C18H32O. The Morgan fingerprint density at radius 1 is 1.11 bits per heavy atom. The lowest BCUT2D eigenvalue weighted by Crippen LogP contribution is -2.42. The fourth-order valence-electron chi connectivity index (χ4n) is 6.36. The van der Waals surface area contributed by atoms with Crippen molar-refractivity contribution in [1.82, 2.24) is 0 Å². The summed E-state index contributed by atoms with van der Waals surface area (Å²) in [5, 5.41) is 10.7. The van der Waals surface area contributed by atoms with Crippen LogP contribution in [-0.2, 0) is 0 Å². The average Bonchev–Trinajstić information content (AvgIpc) is 2.78. The molecule has 19 heavy (non-hydrogen) atoms. The van der Waals surface area contributed by atoms with Crippen molar-refractivity contribution < 1.29 is 5.11 Å². The first kappa shape index (κ1) is 13.9. The first-order chi connectivity index (χ1) is 8.93. The minimum absolute atomic E-state index is 0.0410. The van der Waals surface area contributed by atoms with Crippen LogP contribution < -0.4 is 0 Å². The van der Waals surface area contributed by atoms with Gasteiger partial charge in [-0.15, -0.1) is 0 Å². The summed E-state index contributed by atoms with van der Waals surface area (Å²) < 4.78 is 0. The van der Waals surface area contributed by atoms with Gasteiger partial charge in [-0.2, -0.15) is 0 Å². The molecule has 0 bridgehead atoms. The summed E-state index contributed by atoms with van der Waals surface area (Å²) >= 11 is 0.